The number of halogens is 1. The number of para-hydroxylation sites is 1. The molecule has 208 valence electrons. The minimum Gasteiger partial charge on any atom is -0.491 e. The van der Waals surface area contributed by atoms with Gasteiger partial charge in [-0.25, -0.2) is 4.99 Å². The average molecular weight is 560 g/mol. The Morgan fingerprint density at radius 2 is 1.75 bits per heavy atom. The molecule has 0 radical (unpaired) electrons. The van der Waals surface area contributed by atoms with E-state index in [0.29, 0.717) is 40.1 Å². The quantitative estimate of drug-likeness (QED) is 0.375. The lowest BCUT2D eigenvalue weighted by Crippen LogP contribution is -2.50. The van der Waals surface area contributed by atoms with Crippen molar-refractivity contribution in [2.24, 2.45) is 16.8 Å². The van der Waals surface area contributed by atoms with E-state index in [0.717, 1.165) is 31.2 Å². The second-order valence-electron chi connectivity index (χ2n) is 10.5. The molecule has 7 nitrogen and oxygen atoms in total. The molecular formula is C32H34ClN3O4. The van der Waals surface area contributed by atoms with Gasteiger partial charge in [-0.1, -0.05) is 85.8 Å². The molecule has 2 amide bonds. The molecule has 1 fully saturated rings. The first-order valence-corrected chi connectivity index (χ1v) is 14.2. The number of nitrogens with one attached hydrogen (secondary N) is 1. The first-order valence-electron chi connectivity index (χ1n) is 13.8. The van der Waals surface area contributed by atoms with Gasteiger partial charge in [-0.05, 0) is 42.7 Å². The standard InChI is InChI=1S/C32H34ClN3O4/c1-36-27-17-16-23(33)19-25(27)29(22-12-4-2-5-13-22)34-30(32(36)39)35-31(38)26(18-21-10-8-9-11-21)28(37)20-40-24-14-6-3-7-15-24/h2-7,12-17,19,21,26,28,30,37H,8-11,18,20H2,1H3,(H,35,38)/t26?,28-,30?/m1/s1. The summed E-state index contributed by atoms with van der Waals surface area (Å²) < 4.78 is 5.79. The van der Waals surface area contributed by atoms with Gasteiger partial charge in [-0.15, -0.1) is 0 Å². The predicted molar refractivity (Wildman–Crippen MR) is 157 cm³/mol. The van der Waals surface area contributed by atoms with Crippen LogP contribution in [0, 0.1) is 11.8 Å². The number of carbonyl (C=O) groups is 2. The monoisotopic (exact) mass is 559 g/mol. The van der Waals surface area contributed by atoms with E-state index < -0.39 is 24.1 Å². The van der Waals surface area contributed by atoms with Crippen LogP contribution >= 0.6 is 11.6 Å². The number of fused-ring (bicyclic) bond motifs is 1. The number of benzene rings is 3. The topological polar surface area (TPSA) is 91.2 Å². The van der Waals surface area contributed by atoms with Crippen LogP contribution in [0.3, 0.4) is 0 Å². The minimum absolute atomic E-state index is 0.0319. The Morgan fingerprint density at radius 3 is 2.45 bits per heavy atom. The predicted octanol–water partition coefficient (Wildman–Crippen LogP) is 5.23. The van der Waals surface area contributed by atoms with Crippen molar-refractivity contribution in [3.63, 3.8) is 0 Å². The van der Waals surface area contributed by atoms with Crippen molar-refractivity contribution in [1.29, 1.82) is 0 Å². The Balaban J connectivity index is 1.43. The highest BCUT2D eigenvalue weighted by Gasteiger charge is 2.36. The van der Waals surface area contributed by atoms with Crippen molar-refractivity contribution in [2.75, 3.05) is 18.6 Å². The number of likely N-dealkylation sites (N-methyl/N-ethyl adjacent to an activating group) is 1. The number of hydrogen-bond donors (Lipinski definition) is 2. The number of benzodiazepines with no additional fused rings is 1. The molecule has 1 aliphatic heterocycles. The number of hydrogen-bond acceptors (Lipinski definition) is 5. The minimum atomic E-state index is -1.17. The zero-order valence-electron chi connectivity index (χ0n) is 22.5. The number of carbonyl (C=O) groups excluding carboxylic acids is 2. The maximum atomic E-state index is 13.8. The van der Waals surface area contributed by atoms with Crippen LogP contribution in [0.25, 0.3) is 0 Å². The summed E-state index contributed by atoms with van der Waals surface area (Å²) in [6, 6.07) is 24.0. The highest BCUT2D eigenvalue weighted by atomic mass is 35.5. The summed E-state index contributed by atoms with van der Waals surface area (Å²) >= 11 is 6.35. The molecule has 0 saturated heterocycles. The van der Waals surface area contributed by atoms with Gasteiger partial charge in [0.25, 0.3) is 5.91 Å². The van der Waals surface area contributed by atoms with Gasteiger partial charge in [-0.3, -0.25) is 9.59 Å². The van der Waals surface area contributed by atoms with Gasteiger partial charge in [-0.2, -0.15) is 0 Å². The summed E-state index contributed by atoms with van der Waals surface area (Å²) in [7, 11) is 1.66. The Hall–Kier alpha value is -3.68. The van der Waals surface area contributed by atoms with Crippen LogP contribution < -0.4 is 15.0 Å². The largest absolute Gasteiger partial charge is 0.491 e. The number of amides is 2. The number of aliphatic hydroxyl groups is 1. The molecule has 0 spiro atoms. The van der Waals surface area contributed by atoms with Crippen LogP contribution in [-0.4, -0.2) is 48.6 Å². The SMILES string of the molecule is CN1C(=O)C(NC(=O)C(CC2CCCC2)[C@H](O)COc2ccccc2)N=C(c2ccccc2)c2cc(Cl)ccc21. The molecule has 8 heteroatoms. The number of ether oxygens (including phenoxy) is 1. The highest BCUT2D eigenvalue weighted by Crippen LogP contribution is 2.33. The van der Waals surface area contributed by atoms with Gasteiger partial charge in [0.2, 0.25) is 12.1 Å². The fourth-order valence-corrected chi connectivity index (χ4v) is 5.74. The van der Waals surface area contributed by atoms with Gasteiger partial charge >= 0.3 is 0 Å². The third-order valence-corrected chi connectivity index (χ3v) is 7.99. The molecule has 0 aromatic heterocycles. The summed E-state index contributed by atoms with van der Waals surface area (Å²) in [5.74, 6) is -0.582. The molecular weight excluding hydrogens is 526 g/mol. The van der Waals surface area contributed by atoms with Gasteiger partial charge in [0, 0.05) is 23.2 Å². The Bertz CT molecular complexity index is 1360. The maximum absolute atomic E-state index is 13.8. The molecule has 2 aliphatic rings. The first kappa shape index (κ1) is 27.9. The molecule has 3 aromatic carbocycles. The number of aliphatic imine (C=N–C) groups is 1. The van der Waals surface area contributed by atoms with Crippen molar-refractivity contribution in [1.82, 2.24) is 5.32 Å². The van der Waals surface area contributed by atoms with Gasteiger partial charge in [0.15, 0.2) is 0 Å². The van der Waals surface area contributed by atoms with E-state index in [1.807, 2.05) is 60.7 Å². The van der Waals surface area contributed by atoms with Crippen molar-refractivity contribution >= 4 is 34.8 Å². The summed E-state index contributed by atoms with van der Waals surface area (Å²) in [6.07, 6.45) is 2.58. The smallest absolute Gasteiger partial charge is 0.272 e. The molecule has 2 unspecified atom stereocenters. The average Bonchev–Trinajstić information content (AvgIpc) is 3.47. The molecule has 1 heterocycles. The Morgan fingerprint density at radius 1 is 1.07 bits per heavy atom. The molecule has 2 N–H and O–H groups in total. The van der Waals surface area contributed by atoms with Crippen LogP contribution in [-0.2, 0) is 9.59 Å². The Labute approximate surface area is 239 Å². The molecule has 1 aliphatic carbocycles. The zero-order chi connectivity index (χ0) is 28.1. The summed E-state index contributed by atoms with van der Waals surface area (Å²) in [4.78, 5) is 33.7. The normalized spacial score (nSPS) is 18.9. The van der Waals surface area contributed by atoms with E-state index in [2.05, 4.69) is 5.32 Å². The molecule has 3 atom stereocenters. The third kappa shape index (κ3) is 6.37. The lowest BCUT2D eigenvalue weighted by atomic mass is 9.88. The van der Waals surface area contributed by atoms with Crippen LogP contribution in [0.15, 0.2) is 83.9 Å². The molecule has 3 aromatic rings. The van der Waals surface area contributed by atoms with Crippen LogP contribution in [0.1, 0.15) is 43.2 Å². The summed E-state index contributed by atoms with van der Waals surface area (Å²) in [5.41, 5.74) is 2.70. The van der Waals surface area contributed by atoms with E-state index in [4.69, 9.17) is 21.3 Å². The fraction of sp³-hybridized carbons (Fsp3) is 0.344. The summed E-state index contributed by atoms with van der Waals surface area (Å²) in [5, 5.41) is 14.6. The van der Waals surface area contributed by atoms with Crippen LogP contribution in [0.4, 0.5) is 5.69 Å². The molecule has 40 heavy (non-hydrogen) atoms. The zero-order valence-corrected chi connectivity index (χ0v) is 23.3. The lowest BCUT2D eigenvalue weighted by Gasteiger charge is -2.27. The lowest BCUT2D eigenvalue weighted by molar-refractivity contribution is -0.133. The van der Waals surface area contributed by atoms with Crippen molar-refractivity contribution in [2.45, 2.75) is 44.4 Å². The Kier molecular flexibility index (Phi) is 8.82. The number of anilines is 1. The summed E-state index contributed by atoms with van der Waals surface area (Å²) in [6.45, 7) is -0.0319. The second-order valence-corrected chi connectivity index (χ2v) is 10.9. The van der Waals surface area contributed by atoms with E-state index in [1.165, 1.54) is 4.90 Å². The number of rotatable bonds is 9. The van der Waals surface area contributed by atoms with Crippen LogP contribution in [0.5, 0.6) is 5.75 Å². The maximum Gasteiger partial charge on any atom is 0.272 e. The van der Waals surface area contributed by atoms with Crippen molar-refractivity contribution < 1.29 is 19.4 Å². The van der Waals surface area contributed by atoms with Gasteiger partial charge in [0.1, 0.15) is 12.4 Å². The van der Waals surface area contributed by atoms with E-state index >= 15 is 0 Å². The molecule has 5 rings (SSSR count). The van der Waals surface area contributed by atoms with Gasteiger partial charge < -0.3 is 20.1 Å². The fourth-order valence-electron chi connectivity index (χ4n) is 5.57. The van der Waals surface area contributed by atoms with Crippen molar-refractivity contribution in [3.8, 4) is 5.75 Å². The second kappa shape index (κ2) is 12.7. The third-order valence-electron chi connectivity index (χ3n) is 7.75. The van der Waals surface area contributed by atoms with E-state index in [-0.39, 0.29) is 12.5 Å². The molecule has 0 bridgehead atoms. The number of aliphatic hydroxyl groups excluding tert-OH is 1. The van der Waals surface area contributed by atoms with Gasteiger partial charge in [0.05, 0.1) is 23.4 Å². The van der Waals surface area contributed by atoms with E-state index in [9.17, 15) is 14.7 Å². The highest BCUT2D eigenvalue weighted by molar-refractivity contribution is 6.32. The van der Waals surface area contributed by atoms with E-state index in [1.54, 1.807) is 25.2 Å². The molecule has 1 saturated carbocycles. The number of nitrogens with zero attached hydrogens (tertiary/aromatic N) is 2. The van der Waals surface area contributed by atoms with Crippen LogP contribution in [0.2, 0.25) is 5.02 Å². The first-order chi connectivity index (χ1) is 19.4. The van der Waals surface area contributed by atoms with Crippen molar-refractivity contribution in [3.05, 3.63) is 95.0 Å².